The number of halogens is 2. The number of benzene rings is 1. The number of hydrogen-bond donors (Lipinski definition) is 1. The molecule has 3 aromatic rings. The first-order chi connectivity index (χ1) is 17.2. The van der Waals surface area contributed by atoms with E-state index in [1.807, 2.05) is 23.7 Å². The molecule has 36 heavy (non-hydrogen) atoms. The van der Waals surface area contributed by atoms with Gasteiger partial charge in [-0.2, -0.15) is 5.10 Å². The Morgan fingerprint density at radius 2 is 1.92 bits per heavy atom. The van der Waals surface area contributed by atoms with Gasteiger partial charge < -0.3 is 19.4 Å². The van der Waals surface area contributed by atoms with Gasteiger partial charge >= 0.3 is 0 Å². The Kier molecular flexibility index (Phi) is 6.82. The summed E-state index contributed by atoms with van der Waals surface area (Å²) in [6.07, 6.45) is 4.25. The third-order valence-electron chi connectivity index (χ3n) is 7.26. The van der Waals surface area contributed by atoms with Crippen molar-refractivity contribution in [3.05, 3.63) is 39.8 Å². The van der Waals surface area contributed by atoms with Crippen LogP contribution < -0.4 is 5.56 Å². The van der Waals surface area contributed by atoms with Crippen molar-refractivity contribution in [2.45, 2.75) is 58.1 Å². The Bertz CT molecular complexity index is 1320. The lowest BCUT2D eigenvalue weighted by Crippen LogP contribution is -2.42. The molecule has 0 radical (unpaired) electrons. The molecule has 0 aliphatic carbocycles. The molecule has 0 bridgehead atoms. The van der Waals surface area contributed by atoms with Gasteiger partial charge in [0.1, 0.15) is 6.61 Å². The first kappa shape index (κ1) is 24.8. The molecule has 8 nitrogen and oxygen atoms in total. The summed E-state index contributed by atoms with van der Waals surface area (Å²) in [5.41, 5.74) is 2.54. The number of aryl methyl sites for hydroxylation is 1. The number of aromatic amines is 1. The van der Waals surface area contributed by atoms with E-state index in [1.54, 1.807) is 11.1 Å². The van der Waals surface area contributed by atoms with Crippen molar-refractivity contribution in [1.29, 1.82) is 0 Å². The van der Waals surface area contributed by atoms with Crippen molar-refractivity contribution in [1.82, 2.24) is 19.7 Å². The lowest BCUT2D eigenvalue weighted by Gasteiger charge is -2.32. The summed E-state index contributed by atoms with van der Waals surface area (Å²) in [4.78, 5) is 30.9. The zero-order valence-corrected chi connectivity index (χ0v) is 20.7. The third kappa shape index (κ3) is 5.15. The van der Waals surface area contributed by atoms with E-state index in [1.165, 1.54) is 0 Å². The summed E-state index contributed by atoms with van der Waals surface area (Å²) in [7, 11) is 0. The molecule has 1 amide bonds. The summed E-state index contributed by atoms with van der Waals surface area (Å²) in [6.45, 7) is 5.12. The van der Waals surface area contributed by atoms with Gasteiger partial charge in [0.15, 0.2) is 0 Å². The zero-order chi connectivity index (χ0) is 25.4. The van der Waals surface area contributed by atoms with Gasteiger partial charge in [-0.1, -0.05) is 0 Å². The molecule has 0 atom stereocenters. The summed E-state index contributed by atoms with van der Waals surface area (Å²) < 4.78 is 39.0. The first-order valence-corrected chi connectivity index (χ1v) is 12.6. The fourth-order valence-electron chi connectivity index (χ4n) is 5.24. The maximum Gasteiger partial charge on any atom is 0.268 e. The van der Waals surface area contributed by atoms with Crippen LogP contribution in [-0.4, -0.2) is 70.5 Å². The van der Waals surface area contributed by atoms with Gasteiger partial charge in [-0.05, 0) is 56.2 Å². The molecule has 4 heterocycles. The SMILES string of the molecule is Cc1cc2[nH]c(=O)c3cnn(CC4CCOCC4)c3c2cc1C(=O)N1CCC(OCC(C)(F)F)CC1. The summed E-state index contributed by atoms with van der Waals surface area (Å²) in [5, 5.41) is 5.81. The van der Waals surface area contributed by atoms with Crippen molar-refractivity contribution >= 4 is 27.7 Å². The van der Waals surface area contributed by atoms with E-state index < -0.39 is 12.5 Å². The van der Waals surface area contributed by atoms with E-state index in [-0.39, 0.29) is 17.6 Å². The lowest BCUT2D eigenvalue weighted by molar-refractivity contribution is -0.0968. The molecule has 2 aliphatic rings. The van der Waals surface area contributed by atoms with Gasteiger partial charge in [0.2, 0.25) is 0 Å². The number of rotatable bonds is 6. The fraction of sp³-hybridized carbons (Fsp3) is 0.577. The summed E-state index contributed by atoms with van der Waals surface area (Å²) in [6, 6.07) is 3.70. The minimum absolute atomic E-state index is 0.108. The third-order valence-corrected chi connectivity index (χ3v) is 7.26. The average molecular weight is 503 g/mol. The highest BCUT2D eigenvalue weighted by Gasteiger charge is 2.29. The number of nitrogens with one attached hydrogen (secondary N) is 1. The Hall–Kier alpha value is -2.85. The van der Waals surface area contributed by atoms with Crippen LogP contribution in [0.3, 0.4) is 0 Å². The average Bonchev–Trinajstić information content (AvgIpc) is 3.27. The molecule has 10 heteroatoms. The number of carbonyl (C=O) groups is 1. The first-order valence-electron chi connectivity index (χ1n) is 12.6. The number of carbonyl (C=O) groups excluding carboxylic acids is 1. The van der Waals surface area contributed by atoms with E-state index in [9.17, 15) is 18.4 Å². The quantitative estimate of drug-likeness (QED) is 0.553. The molecule has 2 aliphatic heterocycles. The second-order valence-corrected chi connectivity index (χ2v) is 10.2. The van der Waals surface area contributed by atoms with Gasteiger partial charge in [-0.15, -0.1) is 0 Å². The number of nitrogens with zero attached hydrogens (tertiary/aromatic N) is 3. The number of ether oxygens (including phenoxy) is 2. The van der Waals surface area contributed by atoms with E-state index in [2.05, 4.69) is 10.1 Å². The number of fused-ring (bicyclic) bond motifs is 3. The van der Waals surface area contributed by atoms with E-state index in [0.29, 0.717) is 54.9 Å². The van der Waals surface area contributed by atoms with Crippen LogP contribution in [0.5, 0.6) is 0 Å². The molecule has 2 aromatic heterocycles. The monoisotopic (exact) mass is 502 g/mol. The number of hydrogen-bond acceptors (Lipinski definition) is 5. The fourth-order valence-corrected chi connectivity index (χ4v) is 5.24. The number of piperidine rings is 1. The second-order valence-electron chi connectivity index (χ2n) is 10.2. The Balaban J connectivity index is 1.42. The van der Waals surface area contributed by atoms with Crippen LogP contribution in [0.25, 0.3) is 21.8 Å². The normalized spacial score (nSPS) is 18.4. The maximum atomic E-state index is 13.5. The molecule has 0 saturated carbocycles. The minimum atomic E-state index is -2.86. The second kappa shape index (κ2) is 9.89. The Morgan fingerprint density at radius 3 is 2.61 bits per heavy atom. The van der Waals surface area contributed by atoms with Gasteiger partial charge in [-0.3, -0.25) is 14.3 Å². The van der Waals surface area contributed by atoms with Crippen LogP contribution in [0.1, 0.15) is 48.5 Å². The number of amides is 1. The largest absolute Gasteiger partial charge is 0.381 e. The van der Waals surface area contributed by atoms with Gasteiger partial charge in [-0.25, -0.2) is 8.78 Å². The molecule has 1 aromatic carbocycles. The highest BCUT2D eigenvalue weighted by Crippen LogP contribution is 2.28. The Labute approximate surface area is 207 Å². The number of alkyl halides is 2. The van der Waals surface area contributed by atoms with Crippen LogP contribution in [0, 0.1) is 12.8 Å². The molecule has 0 unspecified atom stereocenters. The summed E-state index contributed by atoms with van der Waals surface area (Å²) >= 11 is 0. The van der Waals surface area contributed by atoms with Gasteiger partial charge in [0.25, 0.3) is 17.4 Å². The molecule has 5 rings (SSSR count). The highest BCUT2D eigenvalue weighted by molar-refractivity contribution is 6.07. The molecular formula is C26H32F2N4O4. The predicted octanol–water partition coefficient (Wildman–Crippen LogP) is 3.89. The van der Waals surface area contributed by atoms with Crippen molar-refractivity contribution in [3.8, 4) is 0 Å². The smallest absolute Gasteiger partial charge is 0.268 e. The van der Waals surface area contributed by atoms with Crippen molar-refractivity contribution in [2.75, 3.05) is 32.9 Å². The van der Waals surface area contributed by atoms with Crippen LogP contribution in [-0.2, 0) is 16.0 Å². The number of pyridine rings is 1. The number of aromatic nitrogens is 3. The van der Waals surface area contributed by atoms with Crippen LogP contribution in [0.4, 0.5) is 8.78 Å². The summed E-state index contributed by atoms with van der Waals surface area (Å²) in [5.74, 6) is -2.55. The molecule has 2 saturated heterocycles. The van der Waals surface area contributed by atoms with E-state index in [4.69, 9.17) is 9.47 Å². The predicted molar refractivity (Wildman–Crippen MR) is 132 cm³/mol. The maximum absolute atomic E-state index is 13.5. The van der Waals surface area contributed by atoms with Crippen molar-refractivity contribution in [3.63, 3.8) is 0 Å². The van der Waals surface area contributed by atoms with Crippen LogP contribution >= 0.6 is 0 Å². The van der Waals surface area contributed by atoms with Crippen molar-refractivity contribution < 1.29 is 23.0 Å². The zero-order valence-electron chi connectivity index (χ0n) is 20.7. The molecule has 194 valence electrons. The van der Waals surface area contributed by atoms with Crippen molar-refractivity contribution in [2.24, 2.45) is 5.92 Å². The molecule has 0 spiro atoms. The van der Waals surface area contributed by atoms with Gasteiger partial charge in [0, 0.05) is 50.7 Å². The van der Waals surface area contributed by atoms with E-state index in [0.717, 1.165) is 49.4 Å². The van der Waals surface area contributed by atoms with Crippen LogP contribution in [0.15, 0.2) is 23.1 Å². The van der Waals surface area contributed by atoms with Crippen LogP contribution in [0.2, 0.25) is 0 Å². The Morgan fingerprint density at radius 1 is 1.19 bits per heavy atom. The molecular weight excluding hydrogens is 470 g/mol. The van der Waals surface area contributed by atoms with E-state index >= 15 is 0 Å². The standard InChI is InChI=1S/C26H32F2N4O4/c1-16-11-22-20(12-19(16)25(34)31-7-3-18(4-8-31)36-15-26(2,27)28)23-21(24(33)30-22)13-29-32(23)14-17-5-9-35-10-6-17/h11-13,17-18H,3-10,14-15H2,1-2H3,(H,30,33). The molecule has 1 N–H and O–H groups in total. The molecule has 2 fully saturated rings. The minimum Gasteiger partial charge on any atom is -0.381 e. The lowest BCUT2D eigenvalue weighted by atomic mass is 9.99. The topological polar surface area (TPSA) is 89.4 Å². The number of likely N-dealkylation sites (tertiary alicyclic amines) is 1. The highest BCUT2D eigenvalue weighted by atomic mass is 19.3. The van der Waals surface area contributed by atoms with Gasteiger partial charge in [0.05, 0.1) is 28.7 Å². The number of H-pyrrole nitrogens is 1.